The summed E-state index contributed by atoms with van der Waals surface area (Å²) in [5.41, 5.74) is 2.04. The second-order valence-electron chi connectivity index (χ2n) is 6.42. The van der Waals surface area contributed by atoms with Crippen LogP contribution in [0.15, 0.2) is 58.1 Å². The summed E-state index contributed by atoms with van der Waals surface area (Å²) in [6.07, 6.45) is 1.62. The summed E-state index contributed by atoms with van der Waals surface area (Å²) in [7, 11) is 1.70. The van der Waals surface area contributed by atoms with E-state index in [-0.39, 0.29) is 17.4 Å². The van der Waals surface area contributed by atoms with Gasteiger partial charge in [0.05, 0.1) is 5.56 Å². The molecule has 0 saturated heterocycles. The van der Waals surface area contributed by atoms with E-state index in [9.17, 15) is 9.59 Å². The van der Waals surface area contributed by atoms with E-state index in [0.29, 0.717) is 17.0 Å². The van der Waals surface area contributed by atoms with Crippen LogP contribution in [0.1, 0.15) is 53.1 Å². The van der Waals surface area contributed by atoms with Crippen LogP contribution in [0.4, 0.5) is 0 Å². The van der Waals surface area contributed by atoms with Crippen LogP contribution in [-0.2, 0) is 7.05 Å². The van der Waals surface area contributed by atoms with Gasteiger partial charge in [0, 0.05) is 24.2 Å². The van der Waals surface area contributed by atoms with Crippen LogP contribution in [0.25, 0.3) is 0 Å². The van der Waals surface area contributed by atoms with Crippen molar-refractivity contribution in [3.63, 3.8) is 0 Å². The third-order valence-corrected chi connectivity index (χ3v) is 4.99. The second kappa shape index (κ2) is 7.66. The fourth-order valence-corrected chi connectivity index (χ4v) is 3.43. The molecule has 134 valence electrons. The van der Waals surface area contributed by atoms with Gasteiger partial charge in [-0.2, -0.15) is 11.3 Å². The molecule has 0 radical (unpaired) electrons. The molecule has 3 rings (SSSR count). The third kappa shape index (κ3) is 3.60. The van der Waals surface area contributed by atoms with Crippen molar-refractivity contribution in [1.82, 2.24) is 14.9 Å². The average Bonchev–Trinajstić information content (AvgIpc) is 3.17. The van der Waals surface area contributed by atoms with Crippen molar-refractivity contribution in [2.24, 2.45) is 7.05 Å². The summed E-state index contributed by atoms with van der Waals surface area (Å²) in [5, 5.41) is 6.67. The Morgan fingerprint density at radius 1 is 1.19 bits per heavy atom. The summed E-state index contributed by atoms with van der Waals surface area (Å²) in [6, 6.07) is 10.8. The number of amides is 1. The SMILES string of the molecule is CC(C)c1cnc([C@@H](NC(=O)c2ccsc2)c2ccccc2)n(C)c1=O. The highest BCUT2D eigenvalue weighted by atomic mass is 32.1. The molecule has 1 atom stereocenters. The van der Waals surface area contributed by atoms with Crippen LogP contribution in [-0.4, -0.2) is 15.5 Å². The number of benzene rings is 1. The number of rotatable bonds is 5. The van der Waals surface area contributed by atoms with E-state index >= 15 is 0 Å². The van der Waals surface area contributed by atoms with E-state index in [1.165, 1.54) is 15.9 Å². The molecule has 0 spiro atoms. The lowest BCUT2D eigenvalue weighted by molar-refractivity contribution is 0.0941. The molecule has 3 aromatic rings. The number of carbonyl (C=O) groups is 1. The van der Waals surface area contributed by atoms with Crippen LogP contribution in [0.2, 0.25) is 0 Å². The molecule has 0 saturated carbocycles. The molecule has 2 aromatic heterocycles. The van der Waals surface area contributed by atoms with Gasteiger partial charge in [-0.25, -0.2) is 4.98 Å². The highest BCUT2D eigenvalue weighted by molar-refractivity contribution is 7.08. The number of nitrogens with zero attached hydrogens (tertiary/aromatic N) is 2. The van der Waals surface area contributed by atoms with Gasteiger partial charge >= 0.3 is 0 Å². The smallest absolute Gasteiger partial charge is 0.256 e. The molecule has 1 aromatic carbocycles. The minimum atomic E-state index is -0.512. The van der Waals surface area contributed by atoms with Gasteiger partial charge in [-0.1, -0.05) is 44.2 Å². The Balaban J connectivity index is 2.06. The first-order chi connectivity index (χ1) is 12.5. The molecule has 0 bridgehead atoms. The van der Waals surface area contributed by atoms with Crippen LogP contribution >= 0.6 is 11.3 Å². The Morgan fingerprint density at radius 3 is 2.54 bits per heavy atom. The van der Waals surface area contributed by atoms with Crippen molar-refractivity contribution < 1.29 is 4.79 Å². The lowest BCUT2D eigenvalue weighted by Gasteiger charge is -2.21. The van der Waals surface area contributed by atoms with E-state index in [1.807, 2.05) is 49.6 Å². The molecule has 2 heterocycles. The largest absolute Gasteiger partial charge is 0.338 e. The molecular weight excluding hydrogens is 346 g/mol. The summed E-state index contributed by atoms with van der Waals surface area (Å²) in [5.74, 6) is 0.405. The number of hydrogen-bond donors (Lipinski definition) is 1. The van der Waals surface area contributed by atoms with Crippen LogP contribution in [0.5, 0.6) is 0 Å². The zero-order valence-corrected chi connectivity index (χ0v) is 15.8. The fourth-order valence-electron chi connectivity index (χ4n) is 2.79. The zero-order chi connectivity index (χ0) is 18.7. The molecule has 6 heteroatoms. The van der Waals surface area contributed by atoms with Gasteiger partial charge in [-0.3, -0.25) is 14.2 Å². The molecule has 26 heavy (non-hydrogen) atoms. The van der Waals surface area contributed by atoms with Crippen LogP contribution < -0.4 is 10.9 Å². The molecule has 0 fully saturated rings. The summed E-state index contributed by atoms with van der Waals surface area (Å²) < 4.78 is 1.53. The lowest BCUT2D eigenvalue weighted by atomic mass is 10.0. The Morgan fingerprint density at radius 2 is 1.92 bits per heavy atom. The number of aromatic nitrogens is 2. The van der Waals surface area contributed by atoms with E-state index < -0.39 is 6.04 Å². The van der Waals surface area contributed by atoms with Crippen molar-refractivity contribution in [2.75, 3.05) is 0 Å². The van der Waals surface area contributed by atoms with Crippen molar-refractivity contribution in [3.05, 3.63) is 86.2 Å². The summed E-state index contributed by atoms with van der Waals surface area (Å²) in [4.78, 5) is 29.8. The van der Waals surface area contributed by atoms with E-state index in [0.717, 1.165) is 5.56 Å². The molecule has 1 N–H and O–H groups in total. The van der Waals surface area contributed by atoms with Crippen molar-refractivity contribution in [1.29, 1.82) is 0 Å². The van der Waals surface area contributed by atoms with Crippen molar-refractivity contribution >= 4 is 17.2 Å². The van der Waals surface area contributed by atoms with Gasteiger partial charge in [-0.05, 0) is 22.9 Å². The highest BCUT2D eigenvalue weighted by Crippen LogP contribution is 2.21. The van der Waals surface area contributed by atoms with Gasteiger partial charge in [0.25, 0.3) is 11.5 Å². The topological polar surface area (TPSA) is 64.0 Å². The van der Waals surface area contributed by atoms with Gasteiger partial charge in [0.15, 0.2) is 0 Å². The molecular formula is C20H21N3O2S. The Bertz CT molecular complexity index is 947. The van der Waals surface area contributed by atoms with Gasteiger partial charge in [0.2, 0.25) is 0 Å². The van der Waals surface area contributed by atoms with Crippen molar-refractivity contribution in [2.45, 2.75) is 25.8 Å². The Labute approximate surface area is 156 Å². The second-order valence-corrected chi connectivity index (χ2v) is 7.20. The highest BCUT2D eigenvalue weighted by Gasteiger charge is 2.23. The minimum Gasteiger partial charge on any atom is -0.338 e. The molecule has 1 amide bonds. The standard InChI is InChI=1S/C20H21N3O2S/c1-13(2)16-11-21-18(23(3)20(16)25)17(14-7-5-4-6-8-14)22-19(24)15-9-10-26-12-15/h4-13,17H,1-3H3,(H,22,24)/t17-/m0/s1. The Kier molecular flexibility index (Phi) is 5.32. The fraction of sp³-hybridized carbons (Fsp3) is 0.250. The normalized spacial score (nSPS) is 12.2. The first-order valence-corrected chi connectivity index (χ1v) is 9.37. The molecule has 0 aliphatic carbocycles. The number of thiophene rings is 1. The molecule has 5 nitrogen and oxygen atoms in total. The zero-order valence-electron chi connectivity index (χ0n) is 15.0. The van der Waals surface area contributed by atoms with Crippen molar-refractivity contribution in [3.8, 4) is 0 Å². The molecule has 0 aliphatic rings. The Hall–Kier alpha value is -2.73. The van der Waals surface area contributed by atoms with Gasteiger partial charge in [0.1, 0.15) is 11.9 Å². The minimum absolute atomic E-state index is 0.0873. The van der Waals surface area contributed by atoms with Crippen LogP contribution in [0.3, 0.4) is 0 Å². The van der Waals surface area contributed by atoms with E-state index in [1.54, 1.807) is 24.7 Å². The summed E-state index contributed by atoms with van der Waals surface area (Å²) >= 11 is 1.47. The monoisotopic (exact) mass is 367 g/mol. The maximum atomic E-state index is 12.7. The quantitative estimate of drug-likeness (QED) is 0.751. The lowest BCUT2D eigenvalue weighted by Crippen LogP contribution is -2.35. The summed E-state index contributed by atoms with van der Waals surface area (Å²) in [6.45, 7) is 3.93. The molecule has 0 unspecified atom stereocenters. The maximum Gasteiger partial charge on any atom is 0.256 e. The average molecular weight is 367 g/mol. The number of carbonyl (C=O) groups excluding carboxylic acids is 1. The first kappa shape index (κ1) is 18.1. The van der Waals surface area contributed by atoms with E-state index in [4.69, 9.17) is 0 Å². The third-order valence-electron chi connectivity index (χ3n) is 4.30. The maximum absolute atomic E-state index is 12.7. The van der Waals surface area contributed by atoms with E-state index in [2.05, 4.69) is 10.3 Å². The predicted octanol–water partition coefficient (Wildman–Crippen LogP) is 3.48. The van der Waals surface area contributed by atoms with Gasteiger partial charge < -0.3 is 5.32 Å². The van der Waals surface area contributed by atoms with Gasteiger partial charge in [-0.15, -0.1) is 0 Å². The predicted molar refractivity (Wildman–Crippen MR) is 104 cm³/mol. The molecule has 0 aliphatic heterocycles. The number of hydrogen-bond acceptors (Lipinski definition) is 4. The van der Waals surface area contributed by atoms with Crippen LogP contribution in [0, 0.1) is 0 Å². The first-order valence-electron chi connectivity index (χ1n) is 8.43. The number of nitrogens with one attached hydrogen (secondary N) is 1.